The number of hydrogen-bond donors (Lipinski definition) is 4. The van der Waals surface area contributed by atoms with E-state index in [4.69, 9.17) is 0 Å². The highest BCUT2D eigenvalue weighted by Crippen LogP contribution is 2.19. The van der Waals surface area contributed by atoms with Crippen LogP contribution in [0.2, 0.25) is 0 Å². The summed E-state index contributed by atoms with van der Waals surface area (Å²) in [5.74, 6) is -1.73. The fourth-order valence-electron chi connectivity index (χ4n) is 3.63. The molecule has 4 N–H and O–H groups in total. The largest absolute Gasteiger partial charge is 0.454 e. The lowest BCUT2D eigenvalue weighted by Gasteiger charge is -2.19. The van der Waals surface area contributed by atoms with E-state index in [0.717, 1.165) is 19.3 Å². The van der Waals surface area contributed by atoms with Crippen molar-refractivity contribution in [1.82, 2.24) is 5.32 Å². The van der Waals surface area contributed by atoms with Gasteiger partial charge in [-0.05, 0) is 6.42 Å². The maximum Gasteiger partial charge on any atom is 0.338 e. The minimum absolute atomic E-state index is 0.424. The lowest BCUT2D eigenvalue weighted by Crippen LogP contribution is -2.47. The monoisotopic (exact) mass is 415 g/mol. The normalized spacial score (nSPS) is 22.5. The average molecular weight is 416 g/mol. The Kier molecular flexibility index (Phi) is 13.9. The number of aliphatic hydroxyl groups is 3. The summed E-state index contributed by atoms with van der Waals surface area (Å²) in [6.45, 7) is 2.67. The van der Waals surface area contributed by atoms with Crippen molar-refractivity contribution in [3.8, 4) is 0 Å². The van der Waals surface area contributed by atoms with Gasteiger partial charge in [-0.3, -0.25) is 4.79 Å². The molecule has 29 heavy (non-hydrogen) atoms. The summed E-state index contributed by atoms with van der Waals surface area (Å²) in [4.78, 5) is 23.0. The highest BCUT2D eigenvalue weighted by atomic mass is 16.6. The van der Waals surface area contributed by atoms with Crippen molar-refractivity contribution in [2.45, 2.75) is 121 Å². The molecule has 170 valence electrons. The van der Waals surface area contributed by atoms with E-state index >= 15 is 0 Å². The molecule has 4 atom stereocenters. The van der Waals surface area contributed by atoms with E-state index in [0.29, 0.717) is 6.54 Å². The van der Waals surface area contributed by atoms with E-state index in [1.807, 2.05) is 0 Å². The number of unbranched alkanes of at least 4 members (excludes halogenated alkanes) is 13. The van der Waals surface area contributed by atoms with Crippen LogP contribution in [0.5, 0.6) is 0 Å². The Labute approximate surface area is 175 Å². The van der Waals surface area contributed by atoms with Gasteiger partial charge in [0.1, 0.15) is 6.10 Å². The molecule has 1 heterocycles. The van der Waals surface area contributed by atoms with Crippen LogP contribution in [0.25, 0.3) is 0 Å². The maximum absolute atomic E-state index is 11.9. The standard InChI is InChI=1S/C22H41NO6/c1-2-3-4-5-6-7-8-9-10-11-12-13-14-15-16-23-21(27)19(26)20-17(24)18(25)22(28)29-20/h17-20,24-26H,2-16H2,1H3,(H,23,27)/t17-,18+,19?,20+/m1/s1. The Morgan fingerprint density at radius 3 is 1.76 bits per heavy atom. The zero-order chi connectivity index (χ0) is 21.5. The number of carbonyl (C=O) groups is 2. The van der Waals surface area contributed by atoms with Gasteiger partial charge >= 0.3 is 5.97 Å². The molecule has 0 bridgehead atoms. The molecule has 0 aromatic carbocycles. The van der Waals surface area contributed by atoms with Crippen LogP contribution < -0.4 is 5.32 Å². The zero-order valence-corrected chi connectivity index (χ0v) is 18.0. The molecule has 0 aliphatic carbocycles. The van der Waals surface area contributed by atoms with E-state index < -0.39 is 36.3 Å². The van der Waals surface area contributed by atoms with Crippen molar-refractivity contribution < 1.29 is 29.6 Å². The van der Waals surface area contributed by atoms with Crippen LogP contribution in [0.15, 0.2) is 0 Å². The smallest absolute Gasteiger partial charge is 0.338 e. The number of rotatable bonds is 17. The Morgan fingerprint density at radius 1 is 0.897 bits per heavy atom. The van der Waals surface area contributed by atoms with E-state index in [1.54, 1.807) is 0 Å². The molecule has 1 aliphatic rings. The first kappa shape index (κ1) is 25.9. The van der Waals surface area contributed by atoms with Crippen LogP contribution in [-0.4, -0.2) is 58.2 Å². The minimum Gasteiger partial charge on any atom is -0.454 e. The Balaban J connectivity index is 1.90. The maximum atomic E-state index is 11.9. The zero-order valence-electron chi connectivity index (χ0n) is 18.0. The quantitative estimate of drug-likeness (QED) is 0.214. The average Bonchev–Trinajstić information content (AvgIpc) is 2.97. The van der Waals surface area contributed by atoms with Crippen LogP contribution in [0, 0.1) is 0 Å². The van der Waals surface area contributed by atoms with Crippen LogP contribution in [-0.2, 0) is 14.3 Å². The molecule has 0 aromatic rings. The molecular formula is C22H41NO6. The van der Waals surface area contributed by atoms with Crippen LogP contribution in [0.1, 0.15) is 96.8 Å². The van der Waals surface area contributed by atoms with E-state index in [1.165, 1.54) is 70.6 Å². The number of amides is 1. The number of cyclic esters (lactones) is 1. The molecule has 1 rings (SSSR count). The van der Waals surface area contributed by atoms with Gasteiger partial charge in [0.25, 0.3) is 5.91 Å². The predicted molar refractivity (Wildman–Crippen MR) is 111 cm³/mol. The second-order valence-electron chi connectivity index (χ2n) is 8.17. The second kappa shape index (κ2) is 15.6. The molecule has 0 saturated carbocycles. The topological polar surface area (TPSA) is 116 Å². The van der Waals surface area contributed by atoms with Gasteiger partial charge in [0, 0.05) is 6.54 Å². The number of aliphatic hydroxyl groups excluding tert-OH is 3. The second-order valence-corrected chi connectivity index (χ2v) is 8.17. The van der Waals surface area contributed by atoms with Gasteiger partial charge in [0.15, 0.2) is 18.3 Å². The first-order valence-corrected chi connectivity index (χ1v) is 11.5. The van der Waals surface area contributed by atoms with Gasteiger partial charge < -0.3 is 25.4 Å². The fraction of sp³-hybridized carbons (Fsp3) is 0.909. The predicted octanol–water partition coefficient (Wildman–Crippen LogP) is 2.59. The van der Waals surface area contributed by atoms with Crippen molar-refractivity contribution in [3.63, 3.8) is 0 Å². The van der Waals surface area contributed by atoms with E-state index in [-0.39, 0.29) is 0 Å². The van der Waals surface area contributed by atoms with Crippen LogP contribution in [0.3, 0.4) is 0 Å². The van der Waals surface area contributed by atoms with Gasteiger partial charge in [-0.15, -0.1) is 0 Å². The third-order valence-corrected chi connectivity index (χ3v) is 5.56. The summed E-state index contributed by atoms with van der Waals surface area (Å²) >= 11 is 0. The molecule has 1 unspecified atom stereocenters. The first-order valence-electron chi connectivity index (χ1n) is 11.5. The summed E-state index contributed by atoms with van der Waals surface area (Å²) in [5.41, 5.74) is 0. The summed E-state index contributed by atoms with van der Waals surface area (Å²) in [6.07, 6.45) is 11.2. The van der Waals surface area contributed by atoms with Crippen LogP contribution in [0.4, 0.5) is 0 Å². The number of hydrogen-bond acceptors (Lipinski definition) is 6. The molecule has 1 amide bonds. The van der Waals surface area contributed by atoms with Crippen molar-refractivity contribution in [1.29, 1.82) is 0 Å². The first-order chi connectivity index (χ1) is 14.0. The van der Waals surface area contributed by atoms with Crippen molar-refractivity contribution in [2.75, 3.05) is 6.54 Å². The summed E-state index contributed by atoms with van der Waals surface area (Å²) in [6, 6.07) is 0. The Bertz CT molecular complexity index is 459. The number of esters is 1. The Morgan fingerprint density at radius 2 is 1.34 bits per heavy atom. The minimum atomic E-state index is -1.71. The van der Waals surface area contributed by atoms with Gasteiger partial charge in [-0.1, -0.05) is 90.4 Å². The molecule has 0 spiro atoms. The molecule has 1 fully saturated rings. The summed E-state index contributed by atoms with van der Waals surface area (Å²) in [5, 5.41) is 31.4. The summed E-state index contributed by atoms with van der Waals surface area (Å²) < 4.78 is 4.65. The molecule has 1 aliphatic heterocycles. The van der Waals surface area contributed by atoms with Crippen molar-refractivity contribution in [3.05, 3.63) is 0 Å². The Hall–Kier alpha value is -1.18. The molecular weight excluding hydrogens is 374 g/mol. The van der Waals surface area contributed by atoms with Gasteiger partial charge in [-0.25, -0.2) is 4.79 Å². The molecule has 0 radical (unpaired) electrons. The number of nitrogens with one attached hydrogen (secondary N) is 1. The van der Waals surface area contributed by atoms with E-state index in [2.05, 4.69) is 17.0 Å². The fourth-order valence-corrected chi connectivity index (χ4v) is 3.63. The van der Waals surface area contributed by atoms with Gasteiger partial charge in [-0.2, -0.15) is 0 Å². The molecule has 1 saturated heterocycles. The highest BCUT2D eigenvalue weighted by Gasteiger charge is 2.48. The SMILES string of the molecule is CCCCCCCCCCCCCCCCNC(=O)C(O)[C@H]1OC(=O)[C@@H](O)[C@H]1O. The van der Waals surface area contributed by atoms with E-state index in [9.17, 15) is 24.9 Å². The number of carbonyl (C=O) groups excluding carboxylic acids is 2. The van der Waals surface area contributed by atoms with Gasteiger partial charge in [0.2, 0.25) is 0 Å². The number of ether oxygens (including phenoxy) is 1. The third kappa shape index (κ3) is 10.4. The highest BCUT2D eigenvalue weighted by molar-refractivity contribution is 5.84. The lowest BCUT2D eigenvalue weighted by atomic mass is 10.0. The molecule has 7 heteroatoms. The lowest BCUT2D eigenvalue weighted by molar-refractivity contribution is -0.153. The van der Waals surface area contributed by atoms with Crippen molar-refractivity contribution >= 4 is 11.9 Å². The van der Waals surface area contributed by atoms with Crippen molar-refractivity contribution in [2.24, 2.45) is 0 Å². The summed E-state index contributed by atoms with van der Waals surface area (Å²) in [7, 11) is 0. The third-order valence-electron chi connectivity index (χ3n) is 5.56. The molecule has 0 aromatic heterocycles. The van der Waals surface area contributed by atoms with Crippen LogP contribution >= 0.6 is 0 Å². The van der Waals surface area contributed by atoms with Gasteiger partial charge in [0.05, 0.1) is 0 Å². The molecule has 7 nitrogen and oxygen atoms in total.